The van der Waals surface area contributed by atoms with Crippen LogP contribution in [0.4, 0.5) is 0 Å². The van der Waals surface area contributed by atoms with E-state index in [-0.39, 0.29) is 18.1 Å². The predicted molar refractivity (Wildman–Crippen MR) is 50.4 cm³/mol. The highest BCUT2D eigenvalue weighted by atomic mass is 16.5. The number of rotatable bonds is 0. The molecule has 2 rings (SSSR count). The van der Waals surface area contributed by atoms with Gasteiger partial charge < -0.3 is 16.2 Å². The van der Waals surface area contributed by atoms with E-state index in [9.17, 15) is 0 Å². The van der Waals surface area contributed by atoms with Gasteiger partial charge in [0.25, 0.3) is 0 Å². The molecule has 2 aliphatic rings. The number of aliphatic imine (C=N–C) groups is 2. The van der Waals surface area contributed by atoms with Crippen LogP contribution in [-0.4, -0.2) is 24.1 Å². The lowest BCUT2D eigenvalue weighted by molar-refractivity contribution is 0.151. The highest BCUT2D eigenvalue weighted by Gasteiger charge is 2.32. The summed E-state index contributed by atoms with van der Waals surface area (Å²) < 4.78 is 5.48. The first-order valence-electron chi connectivity index (χ1n) is 4.60. The molecule has 0 saturated heterocycles. The SMILES string of the molecule is NC(N)=NC1=NC2CCCCC2O1. The molecule has 0 bridgehead atoms. The molecule has 2 atom stereocenters. The van der Waals surface area contributed by atoms with Crippen LogP contribution in [0, 0.1) is 0 Å². The van der Waals surface area contributed by atoms with Crippen LogP contribution in [0.25, 0.3) is 0 Å². The molecule has 1 aliphatic carbocycles. The third-order valence-corrected chi connectivity index (χ3v) is 2.43. The summed E-state index contributed by atoms with van der Waals surface area (Å²) in [5.41, 5.74) is 10.5. The highest BCUT2D eigenvalue weighted by molar-refractivity contribution is 5.91. The summed E-state index contributed by atoms with van der Waals surface area (Å²) >= 11 is 0. The van der Waals surface area contributed by atoms with Crippen molar-refractivity contribution in [3.8, 4) is 0 Å². The standard InChI is InChI=1S/C8H14N4O/c9-7(10)12-8-11-5-3-1-2-4-6(5)13-8/h5-6H,1-4H2,(H4,9,10,11,12). The Morgan fingerprint density at radius 2 is 2.15 bits per heavy atom. The second-order valence-corrected chi connectivity index (χ2v) is 3.46. The normalized spacial score (nSPS) is 31.5. The number of hydrogen-bond donors (Lipinski definition) is 2. The first-order chi connectivity index (χ1) is 6.25. The number of guanidine groups is 1. The number of ether oxygens (including phenoxy) is 1. The van der Waals surface area contributed by atoms with Crippen LogP contribution in [0.5, 0.6) is 0 Å². The van der Waals surface area contributed by atoms with E-state index >= 15 is 0 Å². The van der Waals surface area contributed by atoms with Crippen LogP contribution >= 0.6 is 0 Å². The molecule has 72 valence electrons. The van der Waals surface area contributed by atoms with Gasteiger partial charge in [-0.15, -0.1) is 0 Å². The lowest BCUT2D eigenvalue weighted by Gasteiger charge is -2.21. The summed E-state index contributed by atoms with van der Waals surface area (Å²) in [4.78, 5) is 8.10. The lowest BCUT2D eigenvalue weighted by atomic mass is 9.94. The summed E-state index contributed by atoms with van der Waals surface area (Å²) in [6.45, 7) is 0. The molecule has 1 aliphatic heterocycles. The van der Waals surface area contributed by atoms with E-state index in [4.69, 9.17) is 16.2 Å². The summed E-state index contributed by atoms with van der Waals surface area (Å²) in [5, 5.41) is 0. The smallest absolute Gasteiger partial charge is 0.315 e. The van der Waals surface area contributed by atoms with Crippen LogP contribution in [0.1, 0.15) is 25.7 Å². The van der Waals surface area contributed by atoms with Gasteiger partial charge in [0, 0.05) is 0 Å². The van der Waals surface area contributed by atoms with Crippen molar-refractivity contribution in [1.82, 2.24) is 0 Å². The van der Waals surface area contributed by atoms with E-state index in [0.717, 1.165) is 12.8 Å². The molecule has 1 saturated carbocycles. The molecule has 13 heavy (non-hydrogen) atoms. The van der Waals surface area contributed by atoms with Crippen LogP contribution in [0.15, 0.2) is 9.98 Å². The van der Waals surface area contributed by atoms with E-state index < -0.39 is 0 Å². The van der Waals surface area contributed by atoms with E-state index in [2.05, 4.69) is 9.98 Å². The van der Waals surface area contributed by atoms with Crippen molar-refractivity contribution in [3.05, 3.63) is 0 Å². The Labute approximate surface area is 76.9 Å². The van der Waals surface area contributed by atoms with E-state index in [1.165, 1.54) is 12.8 Å². The molecule has 0 radical (unpaired) electrons. The van der Waals surface area contributed by atoms with Crippen molar-refractivity contribution >= 4 is 12.0 Å². The quantitative estimate of drug-likeness (QED) is 0.407. The van der Waals surface area contributed by atoms with E-state index in [1.807, 2.05) is 0 Å². The number of hydrogen-bond acceptors (Lipinski definition) is 3. The highest BCUT2D eigenvalue weighted by Crippen LogP contribution is 2.28. The molecular weight excluding hydrogens is 168 g/mol. The summed E-state index contributed by atoms with van der Waals surface area (Å²) in [6.07, 6.45) is 4.81. The topological polar surface area (TPSA) is 86.0 Å². The van der Waals surface area contributed by atoms with Crippen molar-refractivity contribution < 1.29 is 4.74 Å². The van der Waals surface area contributed by atoms with Gasteiger partial charge in [0.05, 0.1) is 6.04 Å². The zero-order valence-corrected chi connectivity index (χ0v) is 7.44. The molecule has 1 fully saturated rings. The van der Waals surface area contributed by atoms with Crippen LogP contribution in [0.2, 0.25) is 0 Å². The first kappa shape index (κ1) is 8.34. The maximum Gasteiger partial charge on any atom is 0.315 e. The molecule has 0 aromatic rings. The molecule has 1 heterocycles. The van der Waals surface area contributed by atoms with Crippen LogP contribution in [-0.2, 0) is 4.74 Å². The zero-order chi connectivity index (χ0) is 9.26. The largest absolute Gasteiger partial charge is 0.458 e. The van der Waals surface area contributed by atoms with Crippen molar-refractivity contribution in [2.45, 2.75) is 37.8 Å². The number of fused-ring (bicyclic) bond motifs is 1. The molecule has 5 nitrogen and oxygen atoms in total. The van der Waals surface area contributed by atoms with Gasteiger partial charge in [-0.25, -0.2) is 4.99 Å². The second kappa shape index (κ2) is 3.24. The average molecular weight is 182 g/mol. The van der Waals surface area contributed by atoms with Gasteiger partial charge >= 0.3 is 6.02 Å². The van der Waals surface area contributed by atoms with Crippen molar-refractivity contribution in [2.24, 2.45) is 21.5 Å². The third kappa shape index (κ3) is 1.74. The van der Waals surface area contributed by atoms with Crippen LogP contribution in [0.3, 0.4) is 0 Å². The summed E-state index contributed by atoms with van der Waals surface area (Å²) in [5.74, 6) is 0.0115. The Hall–Kier alpha value is -1.26. The minimum atomic E-state index is 0.0115. The minimum absolute atomic E-state index is 0.0115. The predicted octanol–water partition coefficient (Wildman–Crippen LogP) is -0.0428. The third-order valence-electron chi connectivity index (χ3n) is 2.43. The lowest BCUT2D eigenvalue weighted by Crippen LogP contribution is -2.27. The zero-order valence-electron chi connectivity index (χ0n) is 7.44. The van der Waals surface area contributed by atoms with E-state index in [0.29, 0.717) is 6.02 Å². The number of amidine groups is 1. The average Bonchev–Trinajstić information content (AvgIpc) is 2.44. The molecule has 0 aromatic carbocycles. The maximum absolute atomic E-state index is 5.48. The Balaban J connectivity index is 2.05. The molecule has 0 aromatic heterocycles. The summed E-state index contributed by atoms with van der Waals surface area (Å²) in [6, 6.07) is 0.642. The van der Waals surface area contributed by atoms with E-state index in [1.54, 1.807) is 0 Å². The molecule has 4 N–H and O–H groups in total. The van der Waals surface area contributed by atoms with Gasteiger partial charge in [-0.05, 0) is 19.3 Å². The Morgan fingerprint density at radius 1 is 1.38 bits per heavy atom. The molecule has 2 unspecified atom stereocenters. The van der Waals surface area contributed by atoms with Gasteiger partial charge in [-0.1, -0.05) is 6.42 Å². The molecule has 0 spiro atoms. The summed E-state index contributed by atoms with van der Waals surface area (Å²) in [7, 11) is 0. The Morgan fingerprint density at radius 3 is 2.85 bits per heavy atom. The van der Waals surface area contributed by atoms with Gasteiger partial charge in [0.15, 0.2) is 5.96 Å². The maximum atomic E-state index is 5.48. The van der Waals surface area contributed by atoms with Crippen LogP contribution < -0.4 is 11.5 Å². The monoisotopic (exact) mass is 182 g/mol. The number of nitrogens with two attached hydrogens (primary N) is 2. The molecule has 5 heteroatoms. The number of nitrogens with zero attached hydrogens (tertiary/aromatic N) is 2. The van der Waals surface area contributed by atoms with Gasteiger partial charge in [0.2, 0.25) is 0 Å². The van der Waals surface area contributed by atoms with Gasteiger partial charge in [0.1, 0.15) is 6.10 Å². The Kier molecular flexibility index (Phi) is 2.08. The van der Waals surface area contributed by atoms with Crippen molar-refractivity contribution in [2.75, 3.05) is 0 Å². The first-order valence-corrected chi connectivity index (χ1v) is 4.60. The van der Waals surface area contributed by atoms with Gasteiger partial charge in [-0.2, -0.15) is 4.99 Å². The molecular formula is C8H14N4O. The fourth-order valence-corrected chi connectivity index (χ4v) is 1.84. The minimum Gasteiger partial charge on any atom is -0.458 e. The van der Waals surface area contributed by atoms with Crippen molar-refractivity contribution in [3.63, 3.8) is 0 Å². The van der Waals surface area contributed by atoms with Crippen molar-refractivity contribution in [1.29, 1.82) is 0 Å². The molecule has 0 amide bonds. The fraction of sp³-hybridized carbons (Fsp3) is 0.750. The Bertz CT molecular complexity index is 257. The second-order valence-electron chi connectivity index (χ2n) is 3.46. The van der Waals surface area contributed by atoms with Gasteiger partial charge in [-0.3, -0.25) is 0 Å². The fourth-order valence-electron chi connectivity index (χ4n) is 1.84.